The summed E-state index contributed by atoms with van der Waals surface area (Å²) in [6, 6.07) is 8.86. The number of nitrogens with zero attached hydrogens (tertiary/aromatic N) is 2. The maximum Gasteiger partial charge on any atom is 0.191 e. The van der Waals surface area contributed by atoms with Crippen LogP contribution in [0.2, 0.25) is 0 Å². The van der Waals surface area contributed by atoms with Crippen LogP contribution >= 0.6 is 0 Å². The molecule has 1 heterocycles. The van der Waals surface area contributed by atoms with E-state index in [1.807, 2.05) is 18.2 Å². The molecule has 146 valence electrons. The van der Waals surface area contributed by atoms with Gasteiger partial charge in [0.15, 0.2) is 11.7 Å². The van der Waals surface area contributed by atoms with E-state index in [9.17, 15) is 4.39 Å². The number of rotatable bonds is 8. The zero-order valence-electron chi connectivity index (χ0n) is 16.4. The first-order valence-corrected chi connectivity index (χ1v) is 9.76. The van der Waals surface area contributed by atoms with Gasteiger partial charge in [-0.25, -0.2) is 4.39 Å². The molecule has 1 aliphatic rings. The maximum atomic E-state index is 13.2. The van der Waals surface area contributed by atoms with Gasteiger partial charge in [0.05, 0.1) is 12.2 Å². The smallest absolute Gasteiger partial charge is 0.191 e. The molecule has 2 N–H and O–H groups in total. The Labute approximate surface area is 160 Å². The van der Waals surface area contributed by atoms with Crippen LogP contribution in [0.5, 0.6) is 0 Å². The molecule has 1 saturated carbocycles. The van der Waals surface area contributed by atoms with Crippen molar-refractivity contribution in [3.05, 3.63) is 53.2 Å². The predicted octanol–water partition coefficient (Wildman–Crippen LogP) is 4.11. The monoisotopic (exact) mass is 372 g/mol. The molecule has 0 atom stereocenters. The lowest BCUT2D eigenvalue weighted by molar-refractivity contribution is 0.368. The lowest BCUT2D eigenvalue weighted by Gasteiger charge is -2.18. The largest absolute Gasteiger partial charge is 0.359 e. The zero-order valence-corrected chi connectivity index (χ0v) is 16.4. The van der Waals surface area contributed by atoms with Crippen LogP contribution in [-0.4, -0.2) is 24.7 Å². The van der Waals surface area contributed by atoms with E-state index in [1.165, 1.54) is 17.7 Å². The van der Waals surface area contributed by atoms with Crippen LogP contribution in [0.25, 0.3) is 0 Å². The highest BCUT2D eigenvalue weighted by Crippen LogP contribution is 2.47. The molecule has 0 saturated heterocycles. The number of guanidine groups is 1. The van der Waals surface area contributed by atoms with Crippen LogP contribution in [-0.2, 0) is 12.0 Å². The summed E-state index contributed by atoms with van der Waals surface area (Å²) in [6.45, 7) is 5.65. The minimum atomic E-state index is -0.195. The van der Waals surface area contributed by atoms with E-state index in [0.29, 0.717) is 12.5 Å². The van der Waals surface area contributed by atoms with Crippen LogP contribution < -0.4 is 10.6 Å². The van der Waals surface area contributed by atoms with E-state index in [0.717, 1.165) is 49.6 Å². The summed E-state index contributed by atoms with van der Waals surface area (Å²) < 4.78 is 18.6. The average Bonchev–Trinajstić information content (AvgIpc) is 3.34. The van der Waals surface area contributed by atoms with E-state index in [2.05, 4.69) is 34.6 Å². The Morgan fingerprint density at radius 3 is 2.52 bits per heavy atom. The fourth-order valence-electron chi connectivity index (χ4n) is 3.48. The highest BCUT2D eigenvalue weighted by Gasteiger charge is 2.44. The van der Waals surface area contributed by atoms with Crippen molar-refractivity contribution in [2.75, 3.05) is 13.6 Å². The Kier molecular flexibility index (Phi) is 6.14. The number of benzene rings is 1. The zero-order chi connectivity index (χ0) is 19.3. The molecule has 2 aromatic rings. The van der Waals surface area contributed by atoms with Crippen LogP contribution in [0.3, 0.4) is 0 Å². The molecule has 6 heteroatoms. The third-order valence-electron chi connectivity index (χ3n) is 5.54. The molecule has 0 aliphatic heterocycles. The summed E-state index contributed by atoms with van der Waals surface area (Å²) in [7, 11) is 1.75. The molecular formula is C21H29FN4O. The van der Waals surface area contributed by atoms with Crippen LogP contribution in [0.1, 0.15) is 62.5 Å². The first-order valence-electron chi connectivity index (χ1n) is 9.76. The SMILES string of the molecule is CCC(CC)c1cc(CNC(=NC)NCC2(c3ccc(F)cc3)CC2)on1. The van der Waals surface area contributed by atoms with Gasteiger partial charge in [-0.1, -0.05) is 31.1 Å². The summed E-state index contributed by atoms with van der Waals surface area (Å²) in [5, 5.41) is 10.9. The van der Waals surface area contributed by atoms with Crippen molar-refractivity contribution in [2.24, 2.45) is 4.99 Å². The summed E-state index contributed by atoms with van der Waals surface area (Å²) in [4.78, 5) is 4.29. The number of hydrogen-bond acceptors (Lipinski definition) is 3. The Bertz CT molecular complexity index is 761. The van der Waals surface area contributed by atoms with Gasteiger partial charge in [0, 0.05) is 31.0 Å². The Morgan fingerprint density at radius 1 is 1.22 bits per heavy atom. The highest BCUT2D eigenvalue weighted by molar-refractivity contribution is 5.79. The summed E-state index contributed by atoms with van der Waals surface area (Å²) in [5.41, 5.74) is 2.28. The average molecular weight is 372 g/mol. The molecule has 1 aliphatic carbocycles. The topological polar surface area (TPSA) is 62.5 Å². The molecule has 27 heavy (non-hydrogen) atoms. The van der Waals surface area contributed by atoms with E-state index in [4.69, 9.17) is 4.52 Å². The van der Waals surface area contributed by atoms with Crippen molar-refractivity contribution in [2.45, 2.75) is 57.4 Å². The van der Waals surface area contributed by atoms with E-state index >= 15 is 0 Å². The molecule has 0 radical (unpaired) electrons. The summed E-state index contributed by atoms with van der Waals surface area (Å²) in [6.07, 6.45) is 4.32. The third-order valence-corrected chi connectivity index (χ3v) is 5.54. The van der Waals surface area contributed by atoms with Crippen molar-refractivity contribution >= 4 is 5.96 Å². The lowest BCUT2D eigenvalue weighted by Crippen LogP contribution is -2.40. The molecule has 1 aromatic carbocycles. The van der Waals surface area contributed by atoms with Crippen molar-refractivity contribution in [3.63, 3.8) is 0 Å². The van der Waals surface area contributed by atoms with Crippen LogP contribution in [0.15, 0.2) is 39.8 Å². The van der Waals surface area contributed by atoms with Gasteiger partial charge in [-0.05, 0) is 43.4 Å². The second kappa shape index (κ2) is 8.55. The standard InChI is InChI=1S/C21H29FN4O/c1-4-15(5-2)19-12-18(27-26-19)13-24-20(23-3)25-14-21(10-11-21)16-6-8-17(22)9-7-16/h6-9,12,15H,4-5,10-11,13-14H2,1-3H3,(H2,23,24,25). The number of hydrogen-bond donors (Lipinski definition) is 2. The van der Waals surface area contributed by atoms with Gasteiger partial charge in [0.25, 0.3) is 0 Å². The van der Waals surface area contributed by atoms with Crippen molar-refractivity contribution in [1.82, 2.24) is 15.8 Å². The molecule has 0 spiro atoms. The molecule has 0 bridgehead atoms. The molecule has 1 fully saturated rings. The number of aromatic nitrogens is 1. The van der Waals surface area contributed by atoms with Crippen LogP contribution in [0, 0.1) is 5.82 Å². The summed E-state index contributed by atoms with van der Waals surface area (Å²) >= 11 is 0. The van der Waals surface area contributed by atoms with Gasteiger partial charge < -0.3 is 15.2 Å². The number of nitrogens with one attached hydrogen (secondary N) is 2. The van der Waals surface area contributed by atoms with Crippen molar-refractivity contribution in [3.8, 4) is 0 Å². The van der Waals surface area contributed by atoms with E-state index in [1.54, 1.807) is 7.05 Å². The molecule has 3 rings (SSSR count). The highest BCUT2D eigenvalue weighted by atomic mass is 19.1. The van der Waals surface area contributed by atoms with Gasteiger partial charge in [0.1, 0.15) is 5.82 Å². The lowest BCUT2D eigenvalue weighted by atomic mass is 9.96. The second-order valence-electron chi connectivity index (χ2n) is 7.30. The molecule has 0 unspecified atom stereocenters. The molecule has 0 amide bonds. The third kappa shape index (κ3) is 4.67. The Morgan fingerprint density at radius 2 is 1.93 bits per heavy atom. The van der Waals surface area contributed by atoms with Gasteiger partial charge in [-0.2, -0.15) is 0 Å². The molecular weight excluding hydrogens is 343 g/mol. The summed E-state index contributed by atoms with van der Waals surface area (Å²) in [5.74, 6) is 1.79. The quantitative estimate of drug-likeness (QED) is 0.541. The Hall–Kier alpha value is -2.37. The fraction of sp³-hybridized carbons (Fsp3) is 0.524. The van der Waals surface area contributed by atoms with Gasteiger partial charge in [-0.3, -0.25) is 4.99 Å². The van der Waals surface area contributed by atoms with Crippen LogP contribution in [0.4, 0.5) is 4.39 Å². The molecule has 1 aromatic heterocycles. The maximum absolute atomic E-state index is 13.2. The van der Waals surface area contributed by atoms with Gasteiger partial charge in [0.2, 0.25) is 0 Å². The number of aliphatic imine (C=N–C) groups is 1. The van der Waals surface area contributed by atoms with Crippen molar-refractivity contribution < 1.29 is 8.91 Å². The molecule has 5 nitrogen and oxygen atoms in total. The second-order valence-corrected chi connectivity index (χ2v) is 7.30. The first kappa shape index (κ1) is 19.4. The normalized spacial score (nSPS) is 15.8. The minimum absolute atomic E-state index is 0.0835. The predicted molar refractivity (Wildman–Crippen MR) is 105 cm³/mol. The van der Waals surface area contributed by atoms with Crippen molar-refractivity contribution in [1.29, 1.82) is 0 Å². The van der Waals surface area contributed by atoms with E-state index < -0.39 is 0 Å². The van der Waals surface area contributed by atoms with Gasteiger partial charge in [-0.15, -0.1) is 0 Å². The number of halogens is 1. The fourth-order valence-corrected chi connectivity index (χ4v) is 3.48. The first-order chi connectivity index (χ1) is 13.1. The Balaban J connectivity index is 1.52. The van der Waals surface area contributed by atoms with Gasteiger partial charge >= 0.3 is 0 Å². The minimum Gasteiger partial charge on any atom is -0.359 e. The van der Waals surface area contributed by atoms with E-state index in [-0.39, 0.29) is 11.2 Å².